The quantitative estimate of drug-likeness (QED) is 0.810. The number of benzene rings is 1. The van der Waals surface area contributed by atoms with Crippen LogP contribution in [0.1, 0.15) is 31.2 Å². The average Bonchev–Trinajstić information content (AvgIpc) is 2.54. The lowest BCUT2D eigenvalue weighted by molar-refractivity contribution is 0.386. The van der Waals surface area contributed by atoms with Gasteiger partial charge in [-0.05, 0) is 17.7 Å². The molecule has 2 aromatic rings. The summed E-state index contributed by atoms with van der Waals surface area (Å²) in [5, 5.41) is 0. The van der Waals surface area contributed by atoms with Gasteiger partial charge in [-0.1, -0.05) is 19.9 Å². The summed E-state index contributed by atoms with van der Waals surface area (Å²) in [6.45, 7) is 4.56. The normalized spacial score (nSPS) is 10.8. The molecule has 0 N–H and O–H groups in total. The van der Waals surface area contributed by atoms with E-state index in [4.69, 9.17) is 4.74 Å². The Morgan fingerprint density at radius 3 is 2.29 bits per heavy atom. The van der Waals surface area contributed by atoms with Crippen molar-refractivity contribution in [3.8, 4) is 5.75 Å². The van der Waals surface area contributed by atoms with E-state index in [0.717, 1.165) is 11.4 Å². The number of rotatable bonds is 6. The Hall–Kier alpha value is -2.44. The van der Waals surface area contributed by atoms with E-state index < -0.39 is 0 Å². The Labute approximate surface area is 142 Å². The summed E-state index contributed by atoms with van der Waals surface area (Å²) in [6, 6.07) is 4.92. The standard InChI is InChI=1S/C17H24FN5O/c1-11(2)15-19-16(22(3)4)21-17(20-15)23(5)10-12-7-8-14(24-6)13(18)9-12/h7-9,11H,10H2,1-6H3. The highest BCUT2D eigenvalue weighted by molar-refractivity contribution is 5.39. The lowest BCUT2D eigenvalue weighted by atomic mass is 10.2. The van der Waals surface area contributed by atoms with Gasteiger partial charge >= 0.3 is 0 Å². The first kappa shape index (κ1) is 17.9. The summed E-state index contributed by atoms with van der Waals surface area (Å²) < 4.78 is 18.8. The van der Waals surface area contributed by atoms with Gasteiger partial charge in [0.2, 0.25) is 11.9 Å². The third-order valence-electron chi connectivity index (χ3n) is 3.52. The van der Waals surface area contributed by atoms with Crippen LogP contribution >= 0.6 is 0 Å². The van der Waals surface area contributed by atoms with Crippen molar-refractivity contribution in [2.45, 2.75) is 26.3 Å². The molecule has 1 heterocycles. The Balaban J connectivity index is 2.28. The van der Waals surface area contributed by atoms with Crippen LogP contribution in [0.4, 0.5) is 16.3 Å². The van der Waals surface area contributed by atoms with E-state index in [0.29, 0.717) is 18.4 Å². The number of hydrogen-bond donors (Lipinski definition) is 0. The van der Waals surface area contributed by atoms with Crippen molar-refractivity contribution in [3.05, 3.63) is 35.4 Å². The topological polar surface area (TPSA) is 54.4 Å². The monoisotopic (exact) mass is 333 g/mol. The molecule has 24 heavy (non-hydrogen) atoms. The van der Waals surface area contributed by atoms with Crippen LogP contribution in [0.5, 0.6) is 5.75 Å². The van der Waals surface area contributed by atoms with Gasteiger partial charge in [0.05, 0.1) is 7.11 Å². The number of nitrogens with zero attached hydrogens (tertiary/aromatic N) is 5. The van der Waals surface area contributed by atoms with Gasteiger partial charge in [0, 0.05) is 33.6 Å². The summed E-state index contributed by atoms with van der Waals surface area (Å²) in [5.74, 6) is 1.95. The number of ether oxygens (including phenoxy) is 1. The number of anilines is 2. The van der Waals surface area contributed by atoms with Gasteiger partial charge in [0.1, 0.15) is 5.82 Å². The van der Waals surface area contributed by atoms with Gasteiger partial charge in [-0.25, -0.2) is 4.39 Å². The molecule has 1 aromatic carbocycles. The summed E-state index contributed by atoms with van der Waals surface area (Å²) >= 11 is 0. The molecule has 0 amide bonds. The van der Waals surface area contributed by atoms with E-state index >= 15 is 0 Å². The molecule has 6 nitrogen and oxygen atoms in total. The lowest BCUT2D eigenvalue weighted by Gasteiger charge is -2.21. The van der Waals surface area contributed by atoms with Crippen LogP contribution in [0.15, 0.2) is 18.2 Å². The zero-order valence-electron chi connectivity index (χ0n) is 15.0. The van der Waals surface area contributed by atoms with Crippen molar-refractivity contribution in [3.63, 3.8) is 0 Å². The molecule has 7 heteroatoms. The van der Waals surface area contributed by atoms with Crippen molar-refractivity contribution in [2.75, 3.05) is 38.1 Å². The maximum Gasteiger partial charge on any atom is 0.230 e. The largest absolute Gasteiger partial charge is 0.494 e. The van der Waals surface area contributed by atoms with Crippen LogP contribution in [-0.4, -0.2) is 43.2 Å². The first-order valence-corrected chi connectivity index (χ1v) is 7.78. The molecule has 0 fully saturated rings. The number of methoxy groups -OCH3 is 1. The van der Waals surface area contributed by atoms with Crippen molar-refractivity contribution >= 4 is 11.9 Å². The molecule has 0 spiro atoms. The minimum atomic E-state index is -0.379. The molecule has 2 rings (SSSR count). The predicted molar refractivity (Wildman–Crippen MR) is 93.3 cm³/mol. The fourth-order valence-electron chi connectivity index (χ4n) is 2.15. The van der Waals surface area contributed by atoms with E-state index in [1.54, 1.807) is 6.07 Å². The van der Waals surface area contributed by atoms with Crippen LogP contribution in [0, 0.1) is 5.82 Å². The van der Waals surface area contributed by atoms with Crippen LogP contribution in [0.25, 0.3) is 0 Å². The van der Waals surface area contributed by atoms with E-state index in [1.807, 2.05) is 50.9 Å². The summed E-state index contributed by atoms with van der Waals surface area (Å²) in [7, 11) is 7.11. The summed E-state index contributed by atoms with van der Waals surface area (Å²) in [6.07, 6.45) is 0. The second-order valence-electron chi connectivity index (χ2n) is 6.17. The van der Waals surface area contributed by atoms with E-state index in [1.165, 1.54) is 13.2 Å². The van der Waals surface area contributed by atoms with E-state index in [2.05, 4.69) is 15.0 Å². The molecular weight excluding hydrogens is 309 g/mol. The van der Waals surface area contributed by atoms with E-state index in [9.17, 15) is 4.39 Å². The molecule has 0 aliphatic carbocycles. The second-order valence-corrected chi connectivity index (χ2v) is 6.17. The zero-order chi connectivity index (χ0) is 17.9. The predicted octanol–water partition coefficient (Wildman–Crippen LogP) is 2.85. The van der Waals surface area contributed by atoms with Crippen molar-refractivity contribution in [1.29, 1.82) is 0 Å². The molecule has 0 bridgehead atoms. The van der Waals surface area contributed by atoms with Gasteiger partial charge in [-0.2, -0.15) is 15.0 Å². The third-order valence-corrected chi connectivity index (χ3v) is 3.52. The van der Waals surface area contributed by atoms with Gasteiger partial charge < -0.3 is 14.5 Å². The molecule has 0 saturated carbocycles. The summed E-state index contributed by atoms with van der Waals surface area (Å²) in [4.78, 5) is 17.2. The molecule has 0 radical (unpaired) electrons. The summed E-state index contributed by atoms with van der Waals surface area (Å²) in [5.41, 5.74) is 0.814. The molecule has 0 saturated heterocycles. The van der Waals surface area contributed by atoms with Crippen molar-refractivity contribution in [1.82, 2.24) is 15.0 Å². The smallest absolute Gasteiger partial charge is 0.230 e. The Morgan fingerprint density at radius 1 is 1.08 bits per heavy atom. The minimum Gasteiger partial charge on any atom is -0.494 e. The molecule has 0 aliphatic rings. The second kappa shape index (κ2) is 7.42. The van der Waals surface area contributed by atoms with Gasteiger partial charge in [0.15, 0.2) is 11.6 Å². The van der Waals surface area contributed by atoms with Crippen LogP contribution in [0.3, 0.4) is 0 Å². The van der Waals surface area contributed by atoms with E-state index in [-0.39, 0.29) is 17.5 Å². The van der Waals surface area contributed by atoms with Crippen molar-refractivity contribution < 1.29 is 9.13 Å². The fraction of sp³-hybridized carbons (Fsp3) is 0.471. The maximum atomic E-state index is 13.9. The third kappa shape index (κ3) is 4.10. The Kier molecular flexibility index (Phi) is 5.54. The number of halogens is 1. The number of aromatic nitrogens is 3. The van der Waals surface area contributed by atoms with Crippen LogP contribution < -0.4 is 14.5 Å². The highest BCUT2D eigenvalue weighted by Gasteiger charge is 2.14. The average molecular weight is 333 g/mol. The number of hydrogen-bond acceptors (Lipinski definition) is 6. The highest BCUT2D eigenvalue weighted by atomic mass is 19.1. The zero-order valence-corrected chi connectivity index (χ0v) is 15.0. The molecule has 0 atom stereocenters. The minimum absolute atomic E-state index is 0.192. The molecular formula is C17H24FN5O. The lowest BCUT2D eigenvalue weighted by Crippen LogP contribution is -2.23. The molecule has 1 aromatic heterocycles. The van der Waals surface area contributed by atoms with Crippen LogP contribution in [-0.2, 0) is 6.54 Å². The Bertz CT molecular complexity index is 679. The van der Waals surface area contributed by atoms with Crippen LogP contribution in [0.2, 0.25) is 0 Å². The van der Waals surface area contributed by atoms with Gasteiger partial charge in [-0.3, -0.25) is 0 Å². The van der Waals surface area contributed by atoms with Crippen molar-refractivity contribution in [2.24, 2.45) is 0 Å². The molecule has 0 aliphatic heterocycles. The van der Waals surface area contributed by atoms with Gasteiger partial charge in [0.25, 0.3) is 0 Å². The Morgan fingerprint density at radius 2 is 1.75 bits per heavy atom. The SMILES string of the molecule is COc1ccc(CN(C)c2nc(C(C)C)nc(N(C)C)n2)cc1F. The maximum absolute atomic E-state index is 13.9. The van der Waals surface area contributed by atoms with Gasteiger partial charge in [-0.15, -0.1) is 0 Å². The molecule has 130 valence electrons. The highest BCUT2D eigenvalue weighted by Crippen LogP contribution is 2.21. The fourth-order valence-corrected chi connectivity index (χ4v) is 2.15. The molecule has 0 unspecified atom stereocenters. The first-order chi connectivity index (χ1) is 11.3. The first-order valence-electron chi connectivity index (χ1n) is 7.78.